The summed E-state index contributed by atoms with van der Waals surface area (Å²) in [4.78, 5) is 19.1. The zero-order valence-corrected chi connectivity index (χ0v) is 15.5. The number of carbonyl (C=O) groups excluding carboxylic acids is 1. The lowest BCUT2D eigenvalue weighted by Crippen LogP contribution is -2.33. The van der Waals surface area contributed by atoms with E-state index in [0.29, 0.717) is 17.9 Å². The van der Waals surface area contributed by atoms with Crippen molar-refractivity contribution < 1.29 is 9.18 Å². The summed E-state index contributed by atoms with van der Waals surface area (Å²) in [6, 6.07) is 8.30. The van der Waals surface area contributed by atoms with Gasteiger partial charge in [-0.1, -0.05) is 17.7 Å². The van der Waals surface area contributed by atoms with Crippen molar-refractivity contribution in [3.05, 3.63) is 59.3 Å². The third-order valence-corrected chi connectivity index (χ3v) is 5.14. The van der Waals surface area contributed by atoms with Gasteiger partial charge in [-0.25, -0.2) is 9.37 Å². The topological polar surface area (TPSA) is 49.6 Å². The normalized spacial score (nSPS) is 14.7. The lowest BCUT2D eigenvalue weighted by atomic mass is 10.1. The summed E-state index contributed by atoms with van der Waals surface area (Å²) in [5, 5.41) is 3.01. The Balaban J connectivity index is 1.48. The molecule has 3 heterocycles. The van der Waals surface area contributed by atoms with E-state index in [2.05, 4.69) is 15.2 Å². The number of hydrogen-bond donors (Lipinski definition) is 1. The van der Waals surface area contributed by atoms with Crippen molar-refractivity contribution in [3.63, 3.8) is 0 Å². The molecule has 2 aromatic heterocycles. The van der Waals surface area contributed by atoms with Gasteiger partial charge in [-0.15, -0.1) is 0 Å². The maximum absolute atomic E-state index is 13.4. The number of likely N-dealkylation sites (tertiary alicyclic amines) is 1. The Morgan fingerprint density at radius 3 is 2.70 bits per heavy atom. The summed E-state index contributed by atoms with van der Waals surface area (Å²) < 4.78 is 15.2. The van der Waals surface area contributed by atoms with Crippen LogP contribution in [-0.4, -0.2) is 46.4 Å². The van der Waals surface area contributed by atoms with Crippen molar-refractivity contribution in [2.24, 2.45) is 0 Å². The SMILES string of the molecule is O=C(NCCN1CCCC1)c1cn2cc(-c3ccc(F)c(Cl)c3)ccc2n1. The van der Waals surface area contributed by atoms with E-state index in [1.54, 1.807) is 22.7 Å². The Morgan fingerprint density at radius 2 is 1.93 bits per heavy atom. The molecule has 3 aromatic rings. The molecule has 1 aliphatic heterocycles. The van der Waals surface area contributed by atoms with Crippen molar-refractivity contribution in [3.8, 4) is 11.1 Å². The maximum Gasteiger partial charge on any atom is 0.271 e. The van der Waals surface area contributed by atoms with Gasteiger partial charge in [0.2, 0.25) is 0 Å². The minimum Gasteiger partial charge on any atom is -0.349 e. The van der Waals surface area contributed by atoms with Gasteiger partial charge in [0.25, 0.3) is 5.91 Å². The number of nitrogens with one attached hydrogen (secondary N) is 1. The molecule has 1 aliphatic rings. The molecule has 5 nitrogen and oxygen atoms in total. The number of fused-ring (bicyclic) bond motifs is 1. The molecule has 1 aromatic carbocycles. The van der Waals surface area contributed by atoms with E-state index in [1.807, 2.05) is 18.3 Å². The summed E-state index contributed by atoms with van der Waals surface area (Å²) >= 11 is 5.87. The van der Waals surface area contributed by atoms with Crippen LogP contribution in [0.5, 0.6) is 0 Å². The minimum absolute atomic E-state index is 0.0799. The van der Waals surface area contributed by atoms with E-state index in [9.17, 15) is 9.18 Å². The lowest BCUT2D eigenvalue weighted by Gasteiger charge is -2.14. The maximum atomic E-state index is 13.4. The predicted octanol–water partition coefficient (Wildman–Crippen LogP) is 3.62. The van der Waals surface area contributed by atoms with Crippen LogP contribution in [-0.2, 0) is 0 Å². The first kappa shape index (κ1) is 17.9. The fraction of sp³-hybridized carbons (Fsp3) is 0.300. The van der Waals surface area contributed by atoms with Gasteiger partial charge >= 0.3 is 0 Å². The lowest BCUT2D eigenvalue weighted by molar-refractivity contribution is 0.0945. The van der Waals surface area contributed by atoms with Crippen molar-refractivity contribution >= 4 is 23.2 Å². The van der Waals surface area contributed by atoms with Crippen LogP contribution in [0.4, 0.5) is 4.39 Å². The summed E-state index contributed by atoms with van der Waals surface area (Å²) in [7, 11) is 0. The summed E-state index contributed by atoms with van der Waals surface area (Å²) in [5.74, 6) is -0.624. The van der Waals surface area contributed by atoms with Crippen LogP contribution in [0.25, 0.3) is 16.8 Å². The monoisotopic (exact) mass is 386 g/mol. The van der Waals surface area contributed by atoms with Gasteiger partial charge in [-0.2, -0.15) is 0 Å². The van der Waals surface area contributed by atoms with Gasteiger partial charge in [-0.3, -0.25) is 4.79 Å². The Bertz CT molecular complexity index is 981. The standard InChI is InChI=1S/C20H20ClFN4O/c21-16-11-14(3-5-17(16)22)15-4-6-19-24-18(13-26(19)12-15)20(27)23-7-10-25-8-1-2-9-25/h3-6,11-13H,1-2,7-10H2,(H,23,27). The number of hydrogen-bond acceptors (Lipinski definition) is 3. The number of aromatic nitrogens is 2. The predicted molar refractivity (Wildman–Crippen MR) is 104 cm³/mol. The molecule has 0 atom stereocenters. The molecule has 0 radical (unpaired) electrons. The first-order valence-electron chi connectivity index (χ1n) is 9.05. The first-order valence-corrected chi connectivity index (χ1v) is 9.43. The van der Waals surface area contributed by atoms with Crippen LogP contribution in [0.15, 0.2) is 42.7 Å². The molecular formula is C20H20ClFN4O. The molecule has 1 amide bonds. The molecule has 1 saturated heterocycles. The van der Waals surface area contributed by atoms with E-state index in [-0.39, 0.29) is 10.9 Å². The smallest absolute Gasteiger partial charge is 0.271 e. The Morgan fingerprint density at radius 1 is 1.15 bits per heavy atom. The second-order valence-corrected chi connectivity index (χ2v) is 7.15. The molecule has 0 unspecified atom stereocenters. The first-order chi connectivity index (χ1) is 13.1. The highest BCUT2D eigenvalue weighted by Gasteiger charge is 2.14. The van der Waals surface area contributed by atoms with Gasteiger partial charge in [0.05, 0.1) is 5.02 Å². The molecule has 1 fully saturated rings. The fourth-order valence-electron chi connectivity index (χ4n) is 3.37. The molecule has 0 bridgehead atoms. The van der Waals surface area contributed by atoms with E-state index in [1.165, 1.54) is 18.9 Å². The van der Waals surface area contributed by atoms with Gasteiger partial charge in [-0.05, 0) is 61.3 Å². The second-order valence-electron chi connectivity index (χ2n) is 6.74. The highest BCUT2D eigenvalue weighted by molar-refractivity contribution is 6.31. The van der Waals surface area contributed by atoms with Crippen LogP contribution in [0.2, 0.25) is 5.02 Å². The number of amides is 1. The Hall–Kier alpha value is -2.44. The molecular weight excluding hydrogens is 367 g/mol. The number of nitrogens with zero attached hydrogens (tertiary/aromatic N) is 3. The fourth-order valence-corrected chi connectivity index (χ4v) is 3.55. The van der Waals surface area contributed by atoms with Gasteiger partial charge in [0, 0.05) is 25.5 Å². The molecule has 27 heavy (non-hydrogen) atoms. The number of imidazole rings is 1. The van der Waals surface area contributed by atoms with Crippen molar-refractivity contribution in [1.29, 1.82) is 0 Å². The number of carbonyl (C=O) groups is 1. The van der Waals surface area contributed by atoms with Crippen LogP contribution in [0.3, 0.4) is 0 Å². The molecule has 1 N–H and O–H groups in total. The van der Waals surface area contributed by atoms with Crippen LogP contribution < -0.4 is 5.32 Å². The minimum atomic E-state index is -0.447. The van der Waals surface area contributed by atoms with E-state index < -0.39 is 5.82 Å². The summed E-state index contributed by atoms with van der Waals surface area (Å²) in [6.45, 7) is 3.71. The Labute approximate surface area is 161 Å². The molecule has 0 aliphatic carbocycles. The number of benzene rings is 1. The van der Waals surface area contributed by atoms with E-state index in [0.717, 1.165) is 30.8 Å². The summed E-state index contributed by atoms with van der Waals surface area (Å²) in [5.41, 5.74) is 2.72. The molecule has 140 valence electrons. The van der Waals surface area contributed by atoms with Crippen molar-refractivity contribution in [2.45, 2.75) is 12.8 Å². The molecule has 0 spiro atoms. The van der Waals surface area contributed by atoms with Crippen molar-refractivity contribution in [1.82, 2.24) is 19.6 Å². The van der Waals surface area contributed by atoms with Gasteiger partial charge in [0.15, 0.2) is 0 Å². The average molecular weight is 387 g/mol. The van der Waals surface area contributed by atoms with Gasteiger partial charge in [0.1, 0.15) is 17.2 Å². The number of rotatable bonds is 5. The highest BCUT2D eigenvalue weighted by Crippen LogP contribution is 2.25. The number of halogens is 2. The van der Waals surface area contributed by atoms with E-state index in [4.69, 9.17) is 11.6 Å². The van der Waals surface area contributed by atoms with Crippen LogP contribution in [0.1, 0.15) is 23.3 Å². The van der Waals surface area contributed by atoms with Gasteiger partial charge < -0.3 is 14.6 Å². The quantitative estimate of drug-likeness (QED) is 0.728. The molecule has 7 heteroatoms. The average Bonchev–Trinajstić information content (AvgIpc) is 3.32. The van der Waals surface area contributed by atoms with Crippen LogP contribution >= 0.6 is 11.6 Å². The third-order valence-electron chi connectivity index (χ3n) is 4.85. The van der Waals surface area contributed by atoms with E-state index >= 15 is 0 Å². The van der Waals surface area contributed by atoms with Crippen molar-refractivity contribution in [2.75, 3.05) is 26.2 Å². The largest absolute Gasteiger partial charge is 0.349 e. The highest BCUT2D eigenvalue weighted by atomic mass is 35.5. The van der Waals surface area contributed by atoms with Crippen LogP contribution in [0, 0.1) is 5.82 Å². The zero-order valence-electron chi connectivity index (χ0n) is 14.8. The summed E-state index contributed by atoms with van der Waals surface area (Å²) in [6.07, 6.45) is 6.03. The molecule has 0 saturated carbocycles. The third kappa shape index (κ3) is 3.96. The zero-order chi connectivity index (χ0) is 18.8. The Kier molecular flexibility index (Phi) is 5.09. The molecule has 4 rings (SSSR count). The second kappa shape index (κ2) is 7.66. The number of pyridine rings is 1.